The molecular weight excluding hydrogens is 496 g/mol. The van der Waals surface area contributed by atoms with Crippen molar-refractivity contribution in [1.29, 1.82) is 0 Å². The zero-order chi connectivity index (χ0) is 25.4. The van der Waals surface area contributed by atoms with E-state index in [4.69, 9.17) is 21.1 Å². The highest BCUT2D eigenvalue weighted by Crippen LogP contribution is 2.31. The molecular formula is C28H33ClN2O4S. The predicted octanol–water partition coefficient (Wildman–Crippen LogP) is 5.60. The van der Waals surface area contributed by atoms with Crippen molar-refractivity contribution in [2.24, 2.45) is 0 Å². The van der Waals surface area contributed by atoms with Gasteiger partial charge in [-0.2, -0.15) is 4.31 Å². The number of hydrogen-bond acceptors (Lipinski definition) is 5. The Bertz CT molecular complexity index is 1230. The molecule has 1 aliphatic heterocycles. The molecule has 3 aromatic carbocycles. The molecule has 0 radical (unpaired) electrons. The van der Waals surface area contributed by atoms with E-state index in [2.05, 4.69) is 4.90 Å². The van der Waals surface area contributed by atoms with Gasteiger partial charge < -0.3 is 14.4 Å². The molecule has 1 heterocycles. The van der Waals surface area contributed by atoms with E-state index >= 15 is 0 Å². The Morgan fingerprint density at radius 2 is 1.61 bits per heavy atom. The van der Waals surface area contributed by atoms with Crippen LogP contribution in [0.5, 0.6) is 11.5 Å². The Hall–Kier alpha value is -2.58. The molecule has 0 N–H and O–H groups in total. The minimum Gasteiger partial charge on any atom is -0.493 e. The lowest BCUT2D eigenvalue weighted by Crippen LogP contribution is -2.40. The highest BCUT2D eigenvalue weighted by Gasteiger charge is 2.28. The van der Waals surface area contributed by atoms with E-state index in [1.54, 1.807) is 31.4 Å². The molecule has 0 unspecified atom stereocenters. The summed E-state index contributed by atoms with van der Waals surface area (Å²) in [6.45, 7) is 3.68. The Labute approximate surface area is 219 Å². The summed E-state index contributed by atoms with van der Waals surface area (Å²) in [7, 11) is -2.22. The quantitative estimate of drug-likeness (QED) is 0.324. The standard InChI is InChI=1S/C28H33ClN2O4S/c1-34-27-20-24(14-15-26(27)35-22-23-10-4-2-5-11-23)21-31(19-18-30-16-8-3-9-17-30)36(32,33)28-13-7-6-12-25(28)29/h2,4-7,10-15,20H,3,8-9,16-19,21-22H2,1H3. The normalized spacial score (nSPS) is 14.6. The molecule has 3 aromatic rings. The molecule has 4 rings (SSSR count). The molecule has 1 saturated heterocycles. The van der Waals surface area contributed by atoms with Crippen LogP contribution in [0.25, 0.3) is 0 Å². The van der Waals surface area contributed by atoms with Crippen LogP contribution in [0.3, 0.4) is 0 Å². The topological polar surface area (TPSA) is 59.1 Å². The van der Waals surface area contributed by atoms with Crippen molar-refractivity contribution in [3.63, 3.8) is 0 Å². The van der Waals surface area contributed by atoms with Gasteiger partial charge in [0.2, 0.25) is 10.0 Å². The van der Waals surface area contributed by atoms with Crippen LogP contribution >= 0.6 is 11.6 Å². The molecule has 1 aliphatic rings. The van der Waals surface area contributed by atoms with Gasteiger partial charge in [-0.1, -0.05) is 66.6 Å². The van der Waals surface area contributed by atoms with Crippen LogP contribution < -0.4 is 9.47 Å². The number of halogens is 1. The van der Waals surface area contributed by atoms with Crippen LogP contribution in [-0.2, 0) is 23.2 Å². The average molecular weight is 529 g/mol. The maximum absolute atomic E-state index is 13.7. The maximum atomic E-state index is 13.7. The van der Waals surface area contributed by atoms with Gasteiger partial charge in [0, 0.05) is 19.6 Å². The molecule has 36 heavy (non-hydrogen) atoms. The third kappa shape index (κ3) is 6.79. The van der Waals surface area contributed by atoms with Gasteiger partial charge in [-0.05, 0) is 61.3 Å². The molecule has 0 atom stereocenters. The fourth-order valence-corrected chi connectivity index (χ4v) is 6.29. The van der Waals surface area contributed by atoms with Crippen molar-refractivity contribution in [3.8, 4) is 11.5 Å². The summed E-state index contributed by atoms with van der Waals surface area (Å²) in [5, 5.41) is 0.225. The highest BCUT2D eigenvalue weighted by molar-refractivity contribution is 7.89. The number of benzene rings is 3. The summed E-state index contributed by atoms with van der Waals surface area (Å²) in [6, 6.07) is 22.1. The first-order valence-corrected chi connectivity index (χ1v) is 14.1. The average Bonchev–Trinajstić information content (AvgIpc) is 2.91. The lowest BCUT2D eigenvalue weighted by molar-refractivity contribution is 0.211. The van der Waals surface area contributed by atoms with E-state index in [0.29, 0.717) is 31.2 Å². The Morgan fingerprint density at radius 3 is 2.33 bits per heavy atom. The van der Waals surface area contributed by atoms with E-state index in [-0.39, 0.29) is 16.5 Å². The first-order valence-electron chi connectivity index (χ1n) is 12.3. The van der Waals surface area contributed by atoms with E-state index < -0.39 is 10.0 Å². The summed E-state index contributed by atoms with van der Waals surface area (Å²) in [5.74, 6) is 1.17. The zero-order valence-corrected chi connectivity index (χ0v) is 22.2. The first-order chi connectivity index (χ1) is 17.5. The Morgan fingerprint density at radius 1 is 0.889 bits per heavy atom. The molecule has 0 amide bonds. The smallest absolute Gasteiger partial charge is 0.244 e. The summed E-state index contributed by atoms with van der Waals surface area (Å²) in [4.78, 5) is 2.46. The summed E-state index contributed by atoms with van der Waals surface area (Å²) < 4.78 is 40.4. The molecule has 0 spiro atoms. The van der Waals surface area contributed by atoms with Gasteiger partial charge in [-0.3, -0.25) is 0 Å². The molecule has 192 valence electrons. The Balaban J connectivity index is 1.54. The van der Waals surface area contributed by atoms with Gasteiger partial charge in [0.25, 0.3) is 0 Å². The monoisotopic (exact) mass is 528 g/mol. The predicted molar refractivity (Wildman–Crippen MR) is 143 cm³/mol. The summed E-state index contributed by atoms with van der Waals surface area (Å²) >= 11 is 6.31. The second-order valence-corrected chi connectivity index (χ2v) is 11.2. The molecule has 0 bridgehead atoms. The van der Waals surface area contributed by atoms with E-state index in [9.17, 15) is 8.42 Å². The zero-order valence-electron chi connectivity index (χ0n) is 20.6. The van der Waals surface area contributed by atoms with Crippen molar-refractivity contribution in [2.75, 3.05) is 33.3 Å². The summed E-state index contributed by atoms with van der Waals surface area (Å²) in [6.07, 6.45) is 3.54. The molecule has 6 nitrogen and oxygen atoms in total. The number of sulfonamides is 1. The van der Waals surface area contributed by atoms with Crippen LogP contribution in [0.4, 0.5) is 0 Å². The fraction of sp³-hybridized carbons (Fsp3) is 0.357. The first kappa shape index (κ1) is 26.5. The van der Waals surface area contributed by atoms with Crippen LogP contribution in [0.2, 0.25) is 5.02 Å². The van der Waals surface area contributed by atoms with Crippen molar-refractivity contribution in [3.05, 3.63) is 88.9 Å². The number of ether oxygens (including phenoxy) is 2. The van der Waals surface area contributed by atoms with E-state index in [1.165, 1.54) is 10.7 Å². The van der Waals surface area contributed by atoms with Gasteiger partial charge in [-0.15, -0.1) is 0 Å². The highest BCUT2D eigenvalue weighted by atomic mass is 35.5. The SMILES string of the molecule is COc1cc(CN(CCN2CCCCC2)S(=O)(=O)c2ccccc2Cl)ccc1OCc1ccccc1. The number of rotatable bonds is 11. The largest absolute Gasteiger partial charge is 0.493 e. The lowest BCUT2D eigenvalue weighted by atomic mass is 10.1. The molecule has 1 fully saturated rings. The van der Waals surface area contributed by atoms with Crippen molar-refractivity contribution < 1.29 is 17.9 Å². The van der Waals surface area contributed by atoms with Gasteiger partial charge >= 0.3 is 0 Å². The van der Waals surface area contributed by atoms with Crippen LogP contribution in [0, 0.1) is 0 Å². The fourth-order valence-electron chi connectivity index (χ4n) is 4.38. The van der Waals surface area contributed by atoms with Gasteiger partial charge in [0.1, 0.15) is 11.5 Å². The van der Waals surface area contributed by atoms with Crippen molar-refractivity contribution in [2.45, 2.75) is 37.3 Å². The number of methoxy groups -OCH3 is 1. The maximum Gasteiger partial charge on any atom is 0.244 e. The van der Waals surface area contributed by atoms with Crippen LogP contribution in [0.1, 0.15) is 30.4 Å². The lowest BCUT2D eigenvalue weighted by Gasteiger charge is -2.30. The van der Waals surface area contributed by atoms with Crippen molar-refractivity contribution >= 4 is 21.6 Å². The molecule has 0 saturated carbocycles. The number of likely N-dealkylation sites (tertiary alicyclic amines) is 1. The second-order valence-electron chi connectivity index (χ2n) is 8.93. The second kappa shape index (κ2) is 12.6. The minimum absolute atomic E-state index is 0.125. The molecule has 0 aliphatic carbocycles. The molecule has 8 heteroatoms. The third-order valence-corrected chi connectivity index (χ3v) is 8.74. The van der Waals surface area contributed by atoms with E-state index in [1.807, 2.05) is 48.5 Å². The van der Waals surface area contributed by atoms with E-state index in [0.717, 1.165) is 37.1 Å². The summed E-state index contributed by atoms with van der Waals surface area (Å²) in [5.41, 5.74) is 1.87. The molecule has 0 aromatic heterocycles. The number of piperidine rings is 1. The van der Waals surface area contributed by atoms with Crippen LogP contribution in [0.15, 0.2) is 77.7 Å². The Kier molecular flexibility index (Phi) is 9.26. The number of nitrogens with zero attached hydrogens (tertiary/aromatic N) is 2. The number of hydrogen-bond donors (Lipinski definition) is 0. The van der Waals surface area contributed by atoms with Crippen LogP contribution in [-0.4, -0.2) is 50.9 Å². The minimum atomic E-state index is -3.80. The van der Waals surface area contributed by atoms with Crippen molar-refractivity contribution in [1.82, 2.24) is 9.21 Å². The van der Waals surface area contributed by atoms with Gasteiger partial charge in [0.15, 0.2) is 11.5 Å². The van der Waals surface area contributed by atoms with Gasteiger partial charge in [-0.25, -0.2) is 8.42 Å². The van der Waals surface area contributed by atoms with Gasteiger partial charge in [0.05, 0.1) is 12.1 Å². The third-order valence-electron chi connectivity index (χ3n) is 6.39.